The highest BCUT2D eigenvalue weighted by atomic mass is 19.3. The fourth-order valence-corrected chi connectivity index (χ4v) is 2.68. The predicted molar refractivity (Wildman–Crippen MR) is 79.2 cm³/mol. The second-order valence-electron chi connectivity index (χ2n) is 5.93. The van der Waals surface area contributed by atoms with Crippen LogP contribution in [0, 0.1) is 17.1 Å². The first kappa shape index (κ1) is 15.6. The van der Waals surface area contributed by atoms with Crippen molar-refractivity contribution in [2.24, 2.45) is 0 Å². The molecule has 0 saturated heterocycles. The van der Waals surface area contributed by atoms with Crippen LogP contribution in [0.25, 0.3) is 11.1 Å². The lowest BCUT2D eigenvalue weighted by Crippen LogP contribution is -2.17. The van der Waals surface area contributed by atoms with Crippen LogP contribution >= 0.6 is 0 Å². The SMILES string of the molecule is N#CC1(c2ccc(-c3ccc(CC(O)(F)F)cc3)c(F)c2)CC1. The molecule has 0 aliphatic heterocycles. The standard InChI is InChI=1S/C18H14F3NO/c19-16-9-14(17(11-22)7-8-17)5-6-15(16)13-3-1-12(2-4-13)10-18(20,21)23/h1-6,9,23H,7-8,10H2. The fourth-order valence-electron chi connectivity index (χ4n) is 2.68. The number of rotatable bonds is 4. The van der Waals surface area contributed by atoms with Crippen LogP contribution in [-0.4, -0.2) is 11.2 Å². The van der Waals surface area contributed by atoms with Gasteiger partial charge in [0.05, 0.1) is 17.9 Å². The van der Waals surface area contributed by atoms with Crippen molar-refractivity contribution in [3.05, 3.63) is 59.4 Å². The van der Waals surface area contributed by atoms with Gasteiger partial charge in [-0.15, -0.1) is 0 Å². The zero-order valence-corrected chi connectivity index (χ0v) is 12.2. The summed E-state index contributed by atoms with van der Waals surface area (Å²) in [6.45, 7) is 0. The average molecular weight is 317 g/mol. The lowest BCUT2D eigenvalue weighted by molar-refractivity contribution is -0.196. The van der Waals surface area contributed by atoms with Crippen LogP contribution in [0.2, 0.25) is 0 Å². The molecule has 0 unspecified atom stereocenters. The molecular weight excluding hydrogens is 303 g/mol. The van der Waals surface area contributed by atoms with Crippen molar-refractivity contribution in [1.82, 2.24) is 0 Å². The summed E-state index contributed by atoms with van der Waals surface area (Å²) >= 11 is 0. The first-order chi connectivity index (χ1) is 10.8. The summed E-state index contributed by atoms with van der Waals surface area (Å²) in [6, 6.07) is 12.9. The van der Waals surface area contributed by atoms with E-state index in [0.29, 0.717) is 16.7 Å². The minimum atomic E-state index is -3.76. The van der Waals surface area contributed by atoms with E-state index in [1.807, 2.05) is 0 Å². The number of hydrogen-bond donors (Lipinski definition) is 1. The second kappa shape index (κ2) is 5.39. The lowest BCUT2D eigenvalue weighted by Gasteiger charge is -2.11. The molecule has 0 amide bonds. The first-order valence-electron chi connectivity index (χ1n) is 7.24. The molecular formula is C18H14F3NO. The van der Waals surface area contributed by atoms with Gasteiger partial charge in [0, 0.05) is 5.56 Å². The van der Waals surface area contributed by atoms with Gasteiger partial charge in [-0.2, -0.15) is 14.0 Å². The normalized spacial score (nSPS) is 16.0. The molecule has 23 heavy (non-hydrogen) atoms. The Hall–Kier alpha value is -2.32. The maximum absolute atomic E-state index is 14.3. The summed E-state index contributed by atoms with van der Waals surface area (Å²) in [6.07, 6.45) is -3.05. The van der Waals surface area contributed by atoms with Gasteiger partial charge in [0.2, 0.25) is 0 Å². The number of aliphatic hydroxyl groups is 1. The third-order valence-electron chi connectivity index (χ3n) is 4.17. The summed E-state index contributed by atoms with van der Waals surface area (Å²) in [5.74, 6) is -0.440. The van der Waals surface area contributed by atoms with Crippen LogP contribution in [0.15, 0.2) is 42.5 Å². The van der Waals surface area contributed by atoms with Crippen LogP contribution in [-0.2, 0) is 11.8 Å². The zero-order valence-electron chi connectivity index (χ0n) is 12.2. The largest absolute Gasteiger partial charge is 0.357 e. The second-order valence-corrected chi connectivity index (χ2v) is 5.93. The van der Waals surface area contributed by atoms with Crippen molar-refractivity contribution in [3.63, 3.8) is 0 Å². The fraction of sp³-hybridized carbons (Fsp3) is 0.278. The molecule has 2 aromatic carbocycles. The molecule has 0 bridgehead atoms. The third-order valence-corrected chi connectivity index (χ3v) is 4.17. The Morgan fingerprint density at radius 2 is 1.78 bits per heavy atom. The van der Waals surface area contributed by atoms with E-state index in [1.54, 1.807) is 12.1 Å². The van der Waals surface area contributed by atoms with Crippen molar-refractivity contribution in [3.8, 4) is 17.2 Å². The number of hydrogen-bond acceptors (Lipinski definition) is 2. The van der Waals surface area contributed by atoms with Gasteiger partial charge in [-0.1, -0.05) is 36.4 Å². The Labute approximate surface area is 131 Å². The first-order valence-corrected chi connectivity index (χ1v) is 7.24. The summed E-state index contributed by atoms with van der Waals surface area (Å²) in [5, 5.41) is 17.7. The number of halogens is 3. The summed E-state index contributed by atoms with van der Waals surface area (Å²) in [5.41, 5.74) is 1.30. The van der Waals surface area contributed by atoms with Gasteiger partial charge < -0.3 is 5.11 Å². The molecule has 1 aliphatic rings. The topological polar surface area (TPSA) is 44.0 Å². The molecule has 2 nitrogen and oxygen atoms in total. The van der Waals surface area contributed by atoms with E-state index in [0.717, 1.165) is 12.8 Å². The van der Waals surface area contributed by atoms with E-state index in [4.69, 9.17) is 10.4 Å². The number of benzene rings is 2. The van der Waals surface area contributed by atoms with Gasteiger partial charge in [-0.3, -0.25) is 0 Å². The van der Waals surface area contributed by atoms with E-state index in [-0.39, 0.29) is 5.56 Å². The quantitative estimate of drug-likeness (QED) is 0.919. The highest BCUT2D eigenvalue weighted by molar-refractivity contribution is 5.65. The Morgan fingerprint density at radius 1 is 1.13 bits per heavy atom. The Bertz CT molecular complexity index is 768. The van der Waals surface area contributed by atoms with E-state index in [9.17, 15) is 13.2 Å². The Kier molecular flexibility index (Phi) is 3.65. The Balaban J connectivity index is 1.86. The summed E-state index contributed by atoms with van der Waals surface area (Å²) < 4.78 is 39.5. The van der Waals surface area contributed by atoms with Crippen LogP contribution in [0.4, 0.5) is 13.2 Å². The summed E-state index contributed by atoms with van der Waals surface area (Å²) in [4.78, 5) is 0. The molecule has 1 aliphatic carbocycles. The van der Waals surface area contributed by atoms with Crippen molar-refractivity contribution < 1.29 is 18.3 Å². The zero-order chi connectivity index (χ0) is 16.7. The number of nitrogens with zero attached hydrogens (tertiary/aromatic N) is 1. The van der Waals surface area contributed by atoms with Crippen molar-refractivity contribution in [2.45, 2.75) is 30.8 Å². The van der Waals surface area contributed by atoms with E-state index in [2.05, 4.69) is 6.07 Å². The monoisotopic (exact) mass is 317 g/mol. The molecule has 0 heterocycles. The Morgan fingerprint density at radius 3 is 2.26 bits per heavy atom. The van der Waals surface area contributed by atoms with Gasteiger partial charge in [-0.05, 0) is 35.6 Å². The van der Waals surface area contributed by atoms with Crippen LogP contribution in [0.5, 0.6) is 0 Å². The van der Waals surface area contributed by atoms with Gasteiger partial charge >= 0.3 is 6.11 Å². The smallest absolute Gasteiger partial charge is 0.336 e. The molecule has 2 aromatic rings. The highest BCUT2D eigenvalue weighted by Gasteiger charge is 2.45. The van der Waals surface area contributed by atoms with Crippen molar-refractivity contribution in [2.75, 3.05) is 0 Å². The molecule has 1 fully saturated rings. The van der Waals surface area contributed by atoms with Gasteiger partial charge in [0.1, 0.15) is 5.82 Å². The molecule has 1 saturated carbocycles. The van der Waals surface area contributed by atoms with Crippen LogP contribution < -0.4 is 0 Å². The molecule has 118 valence electrons. The molecule has 3 rings (SSSR count). The van der Waals surface area contributed by atoms with E-state index >= 15 is 0 Å². The average Bonchev–Trinajstić information content (AvgIpc) is 3.28. The third kappa shape index (κ3) is 3.22. The maximum atomic E-state index is 14.3. The molecule has 0 aromatic heterocycles. The molecule has 5 heteroatoms. The number of alkyl halides is 2. The molecule has 0 atom stereocenters. The van der Waals surface area contributed by atoms with E-state index < -0.39 is 23.8 Å². The molecule has 0 radical (unpaired) electrons. The van der Waals surface area contributed by atoms with Gasteiger partial charge in [-0.25, -0.2) is 4.39 Å². The van der Waals surface area contributed by atoms with Crippen LogP contribution in [0.1, 0.15) is 24.0 Å². The van der Waals surface area contributed by atoms with Crippen molar-refractivity contribution in [1.29, 1.82) is 5.26 Å². The molecule has 0 spiro atoms. The highest BCUT2D eigenvalue weighted by Crippen LogP contribution is 2.48. The lowest BCUT2D eigenvalue weighted by atomic mass is 9.94. The van der Waals surface area contributed by atoms with Gasteiger partial charge in [0.15, 0.2) is 0 Å². The maximum Gasteiger partial charge on any atom is 0.357 e. The predicted octanol–water partition coefficient (Wildman–Crippen LogP) is 4.18. The minimum Gasteiger partial charge on any atom is -0.336 e. The van der Waals surface area contributed by atoms with E-state index in [1.165, 1.54) is 30.3 Å². The summed E-state index contributed by atoms with van der Waals surface area (Å²) in [7, 11) is 0. The minimum absolute atomic E-state index is 0.264. The van der Waals surface area contributed by atoms with Crippen molar-refractivity contribution >= 4 is 0 Å². The van der Waals surface area contributed by atoms with Gasteiger partial charge in [0.25, 0.3) is 0 Å². The number of nitriles is 1. The molecule has 1 N–H and O–H groups in total. The van der Waals surface area contributed by atoms with Crippen LogP contribution in [0.3, 0.4) is 0 Å².